The fourth-order valence-electron chi connectivity index (χ4n) is 2.33. The first-order valence-electron chi connectivity index (χ1n) is 6.46. The molecule has 1 aromatic rings. The fourth-order valence-corrected chi connectivity index (χ4v) is 2.33. The Morgan fingerprint density at radius 1 is 1.47 bits per heavy atom. The molecular formula is C15H18N2O2. The van der Waals surface area contributed by atoms with Crippen molar-refractivity contribution in [2.24, 2.45) is 5.41 Å². The van der Waals surface area contributed by atoms with Crippen LogP contribution in [0.5, 0.6) is 0 Å². The van der Waals surface area contributed by atoms with E-state index < -0.39 is 0 Å². The minimum absolute atomic E-state index is 0.0828. The number of carbonyl (C=O) groups excluding carboxylic acids is 1. The van der Waals surface area contributed by atoms with Crippen molar-refractivity contribution in [2.75, 3.05) is 13.1 Å². The van der Waals surface area contributed by atoms with Crippen molar-refractivity contribution in [1.82, 2.24) is 4.90 Å². The van der Waals surface area contributed by atoms with Crippen LogP contribution in [-0.2, 0) is 11.3 Å². The van der Waals surface area contributed by atoms with Crippen molar-refractivity contribution >= 4 is 6.09 Å². The number of rotatable bonds is 3. The van der Waals surface area contributed by atoms with Crippen molar-refractivity contribution < 1.29 is 9.53 Å². The molecule has 0 bridgehead atoms. The first kappa shape index (κ1) is 13.4. The van der Waals surface area contributed by atoms with Crippen LogP contribution in [0.3, 0.4) is 0 Å². The molecule has 0 saturated carbocycles. The zero-order chi connectivity index (χ0) is 13.7. The Morgan fingerprint density at radius 3 is 2.89 bits per heavy atom. The number of benzene rings is 1. The van der Waals surface area contributed by atoms with E-state index in [1.807, 2.05) is 37.3 Å². The highest BCUT2D eigenvalue weighted by Gasteiger charge is 2.36. The zero-order valence-electron chi connectivity index (χ0n) is 11.1. The second-order valence-corrected chi connectivity index (χ2v) is 5.36. The monoisotopic (exact) mass is 258 g/mol. The van der Waals surface area contributed by atoms with Gasteiger partial charge < -0.3 is 9.64 Å². The van der Waals surface area contributed by atoms with Crippen LogP contribution in [-0.4, -0.2) is 24.1 Å². The Morgan fingerprint density at radius 2 is 2.21 bits per heavy atom. The van der Waals surface area contributed by atoms with Gasteiger partial charge in [-0.15, -0.1) is 0 Å². The number of nitrogens with zero attached hydrogens (tertiary/aromatic N) is 2. The maximum atomic E-state index is 11.9. The third-order valence-corrected chi connectivity index (χ3v) is 3.53. The Kier molecular flexibility index (Phi) is 4.06. The van der Waals surface area contributed by atoms with E-state index in [9.17, 15) is 4.79 Å². The lowest BCUT2D eigenvalue weighted by atomic mass is 9.87. The Hall–Kier alpha value is -2.02. The van der Waals surface area contributed by atoms with Crippen LogP contribution in [0.1, 0.15) is 25.3 Å². The summed E-state index contributed by atoms with van der Waals surface area (Å²) in [7, 11) is 0. The first-order chi connectivity index (χ1) is 9.13. The highest BCUT2D eigenvalue weighted by Crippen LogP contribution is 2.33. The van der Waals surface area contributed by atoms with Crippen LogP contribution in [0.15, 0.2) is 30.3 Å². The largest absolute Gasteiger partial charge is 0.445 e. The number of hydrogen-bond donors (Lipinski definition) is 0. The predicted molar refractivity (Wildman–Crippen MR) is 71.2 cm³/mol. The SMILES string of the molecule is CC1(CC#N)CCN(C(=O)OCc2ccccc2)C1. The minimum atomic E-state index is -0.287. The molecule has 1 aliphatic rings. The van der Waals surface area contributed by atoms with Crippen molar-refractivity contribution in [1.29, 1.82) is 5.26 Å². The van der Waals surface area contributed by atoms with Gasteiger partial charge >= 0.3 is 6.09 Å². The number of hydrogen-bond acceptors (Lipinski definition) is 3. The maximum absolute atomic E-state index is 11.9. The molecule has 1 heterocycles. The zero-order valence-corrected chi connectivity index (χ0v) is 11.1. The van der Waals surface area contributed by atoms with Gasteiger partial charge in [-0.1, -0.05) is 37.3 Å². The summed E-state index contributed by atoms with van der Waals surface area (Å²) in [4.78, 5) is 13.6. The number of likely N-dealkylation sites (tertiary alicyclic amines) is 1. The smallest absolute Gasteiger partial charge is 0.410 e. The van der Waals surface area contributed by atoms with Crippen LogP contribution < -0.4 is 0 Å². The van der Waals surface area contributed by atoms with E-state index in [1.54, 1.807) is 4.90 Å². The molecular weight excluding hydrogens is 240 g/mol. The van der Waals surface area contributed by atoms with E-state index in [0.29, 0.717) is 26.1 Å². The summed E-state index contributed by atoms with van der Waals surface area (Å²) >= 11 is 0. The van der Waals surface area contributed by atoms with Gasteiger partial charge in [0.05, 0.1) is 6.07 Å². The molecule has 1 atom stereocenters. The first-order valence-corrected chi connectivity index (χ1v) is 6.46. The molecule has 1 fully saturated rings. The topological polar surface area (TPSA) is 53.3 Å². The molecule has 1 aliphatic heterocycles. The lowest BCUT2D eigenvalue weighted by Gasteiger charge is -2.21. The van der Waals surface area contributed by atoms with Crippen LogP contribution >= 0.6 is 0 Å². The highest BCUT2D eigenvalue weighted by atomic mass is 16.6. The fraction of sp³-hybridized carbons (Fsp3) is 0.467. The number of nitriles is 1. The molecule has 2 rings (SSSR count). The van der Waals surface area contributed by atoms with Gasteiger partial charge in [0.15, 0.2) is 0 Å². The van der Waals surface area contributed by atoms with Crippen LogP contribution in [0.25, 0.3) is 0 Å². The number of carbonyl (C=O) groups is 1. The third kappa shape index (κ3) is 3.47. The van der Waals surface area contributed by atoms with E-state index in [1.165, 1.54) is 0 Å². The predicted octanol–water partition coefficient (Wildman–Crippen LogP) is 2.95. The lowest BCUT2D eigenvalue weighted by molar-refractivity contribution is 0.100. The van der Waals surface area contributed by atoms with Crippen molar-refractivity contribution in [2.45, 2.75) is 26.4 Å². The second kappa shape index (κ2) is 5.75. The number of amides is 1. The standard InChI is InChI=1S/C15H18N2O2/c1-15(7-9-16)8-10-17(12-15)14(18)19-11-13-5-3-2-4-6-13/h2-6H,7-8,10-12H2,1H3. The van der Waals surface area contributed by atoms with Gasteiger partial charge in [0.1, 0.15) is 6.61 Å². The molecule has 1 aromatic carbocycles. The quantitative estimate of drug-likeness (QED) is 0.837. The molecule has 0 radical (unpaired) electrons. The summed E-state index contributed by atoms with van der Waals surface area (Å²) in [6.07, 6.45) is 1.06. The lowest BCUT2D eigenvalue weighted by Crippen LogP contribution is -2.31. The molecule has 4 nitrogen and oxygen atoms in total. The third-order valence-electron chi connectivity index (χ3n) is 3.53. The average Bonchev–Trinajstić information content (AvgIpc) is 2.80. The van der Waals surface area contributed by atoms with Gasteiger partial charge in [0.2, 0.25) is 0 Å². The molecule has 0 N–H and O–H groups in total. The van der Waals surface area contributed by atoms with Gasteiger partial charge in [-0.25, -0.2) is 4.79 Å². The van der Waals surface area contributed by atoms with Gasteiger partial charge in [0.25, 0.3) is 0 Å². The molecule has 0 aromatic heterocycles. The molecule has 1 saturated heterocycles. The van der Waals surface area contributed by atoms with Crippen LogP contribution in [0.4, 0.5) is 4.79 Å². The summed E-state index contributed by atoms with van der Waals surface area (Å²) < 4.78 is 5.29. The molecule has 0 spiro atoms. The second-order valence-electron chi connectivity index (χ2n) is 5.36. The van der Waals surface area contributed by atoms with E-state index in [4.69, 9.17) is 10.00 Å². The van der Waals surface area contributed by atoms with Crippen molar-refractivity contribution in [3.05, 3.63) is 35.9 Å². The van der Waals surface area contributed by atoms with Crippen LogP contribution in [0.2, 0.25) is 0 Å². The molecule has 1 unspecified atom stereocenters. The Labute approximate surface area is 113 Å². The maximum Gasteiger partial charge on any atom is 0.410 e. The normalized spacial score (nSPS) is 22.0. The van der Waals surface area contributed by atoms with Gasteiger partial charge in [0, 0.05) is 19.5 Å². The summed E-state index contributed by atoms with van der Waals surface area (Å²) in [5.74, 6) is 0. The molecule has 4 heteroatoms. The van der Waals surface area contributed by atoms with E-state index in [-0.39, 0.29) is 11.5 Å². The Balaban J connectivity index is 1.84. The molecule has 0 aliphatic carbocycles. The van der Waals surface area contributed by atoms with E-state index in [2.05, 4.69) is 6.07 Å². The van der Waals surface area contributed by atoms with E-state index >= 15 is 0 Å². The van der Waals surface area contributed by atoms with Crippen molar-refractivity contribution in [3.8, 4) is 6.07 Å². The Bertz CT molecular complexity index is 481. The van der Waals surface area contributed by atoms with Gasteiger partial charge in [-0.2, -0.15) is 5.26 Å². The van der Waals surface area contributed by atoms with Gasteiger partial charge in [-0.05, 0) is 17.4 Å². The van der Waals surface area contributed by atoms with Gasteiger partial charge in [-0.3, -0.25) is 0 Å². The molecule has 100 valence electrons. The van der Waals surface area contributed by atoms with Crippen LogP contribution in [0, 0.1) is 16.7 Å². The van der Waals surface area contributed by atoms with E-state index in [0.717, 1.165) is 12.0 Å². The summed E-state index contributed by atoms with van der Waals surface area (Å²) in [6.45, 7) is 3.62. The van der Waals surface area contributed by atoms with Crippen molar-refractivity contribution in [3.63, 3.8) is 0 Å². The number of ether oxygens (including phenoxy) is 1. The highest BCUT2D eigenvalue weighted by molar-refractivity contribution is 5.68. The summed E-state index contributed by atoms with van der Waals surface area (Å²) in [5, 5.41) is 8.78. The summed E-state index contributed by atoms with van der Waals surface area (Å²) in [6, 6.07) is 11.8. The average molecular weight is 258 g/mol. The molecule has 19 heavy (non-hydrogen) atoms. The minimum Gasteiger partial charge on any atom is -0.445 e. The summed E-state index contributed by atoms with van der Waals surface area (Å²) in [5.41, 5.74) is 0.899. The molecule has 1 amide bonds.